The first-order valence-electron chi connectivity index (χ1n) is 7.18. The van der Waals surface area contributed by atoms with Crippen molar-refractivity contribution >= 4 is 10.9 Å². The van der Waals surface area contributed by atoms with Crippen LogP contribution in [0.3, 0.4) is 0 Å². The van der Waals surface area contributed by atoms with E-state index in [9.17, 15) is 4.79 Å². The van der Waals surface area contributed by atoms with E-state index in [4.69, 9.17) is 0 Å². The predicted molar refractivity (Wildman–Crippen MR) is 82.3 cm³/mol. The number of rotatable bonds is 2. The SMILES string of the molecule is Cc1ccc2cc(-c3cc(=O)[nH]c(C4CC4)n3)ccc2n1. The Morgan fingerprint density at radius 2 is 1.95 bits per heavy atom. The number of fused-ring (bicyclic) bond motifs is 1. The van der Waals surface area contributed by atoms with Crippen LogP contribution in [0, 0.1) is 6.92 Å². The number of benzene rings is 1. The van der Waals surface area contributed by atoms with Crippen molar-refractivity contribution in [2.45, 2.75) is 25.7 Å². The summed E-state index contributed by atoms with van der Waals surface area (Å²) in [6.45, 7) is 1.98. The van der Waals surface area contributed by atoms with E-state index in [1.165, 1.54) is 0 Å². The Morgan fingerprint density at radius 1 is 1.10 bits per heavy atom. The van der Waals surface area contributed by atoms with Crippen molar-refractivity contribution in [1.82, 2.24) is 15.0 Å². The molecule has 0 saturated heterocycles. The number of hydrogen-bond acceptors (Lipinski definition) is 3. The molecule has 4 rings (SSSR count). The lowest BCUT2D eigenvalue weighted by Gasteiger charge is -2.05. The average Bonchev–Trinajstić information content (AvgIpc) is 3.30. The van der Waals surface area contributed by atoms with Gasteiger partial charge in [-0.05, 0) is 38.0 Å². The summed E-state index contributed by atoms with van der Waals surface area (Å²) in [6.07, 6.45) is 2.24. The van der Waals surface area contributed by atoms with Crippen LogP contribution in [0.5, 0.6) is 0 Å². The number of pyridine rings is 1. The first-order chi connectivity index (χ1) is 10.2. The molecule has 1 aliphatic carbocycles. The van der Waals surface area contributed by atoms with E-state index in [1.54, 1.807) is 6.07 Å². The normalized spacial score (nSPS) is 14.5. The molecule has 4 nitrogen and oxygen atoms in total. The summed E-state index contributed by atoms with van der Waals surface area (Å²) >= 11 is 0. The van der Waals surface area contributed by atoms with Gasteiger partial charge < -0.3 is 4.98 Å². The zero-order chi connectivity index (χ0) is 14.4. The van der Waals surface area contributed by atoms with E-state index in [0.717, 1.165) is 46.5 Å². The second-order valence-electron chi connectivity index (χ2n) is 5.65. The van der Waals surface area contributed by atoms with Crippen LogP contribution in [0.1, 0.15) is 30.3 Å². The van der Waals surface area contributed by atoms with Crippen LogP contribution in [0.4, 0.5) is 0 Å². The zero-order valence-electron chi connectivity index (χ0n) is 11.8. The second kappa shape index (κ2) is 4.52. The number of aryl methyl sites for hydroxylation is 1. The molecule has 0 bridgehead atoms. The third-order valence-electron chi connectivity index (χ3n) is 3.85. The van der Waals surface area contributed by atoms with E-state index in [2.05, 4.69) is 21.0 Å². The predicted octanol–water partition coefficient (Wildman–Crippen LogP) is 3.17. The molecule has 0 aliphatic heterocycles. The van der Waals surface area contributed by atoms with Gasteiger partial charge in [0.2, 0.25) is 0 Å². The highest BCUT2D eigenvalue weighted by Crippen LogP contribution is 2.38. The Kier molecular flexibility index (Phi) is 2.64. The Morgan fingerprint density at radius 3 is 2.76 bits per heavy atom. The smallest absolute Gasteiger partial charge is 0.251 e. The maximum Gasteiger partial charge on any atom is 0.251 e. The molecule has 0 spiro atoms. The van der Waals surface area contributed by atoms with Crippen LogP contribution < -0.4 is 5.56 Å². The van der Waals surface area contributed by atoms with Gasteiger partial charge in [0.15, 0.2) is 0 Å². The first kappa shape index (κ1) is 12.3. The van der Waals surface area contributed by atoms with Gasteiger partial charge in [-0.1, -0.05) is 12.1 Å². The fraction of sp³-hybridized carbons (Fsp3) is 0.235. The summed E-state index contributed by atoms with van der Waals surface area (Å²) in [4.78, 5) is 23.8. The minimum atomic E-state index is -0.0796. The van der Waals surface area contributed by atoms with Crippen LogP contribution in [0.2, 0.25) is 0 Å². The largest absolute Gasteiger partial charge is 0.310 e. The van der Waals surface area contributed by atoms with E-state index < -0.39 is 0 Å². The molecule has 0 atom stereocenters. The third kappa shape index (κ3) is 2.33. The highest BCUT2D eigenvalue weighted by Gasteiger charge is 2.26. The van der Waals surface area contributed by atoms with Crippen LogP contribution in [-0.2, 0) is 0 Å². The van der Waals surface area contributed by atoms with Crippen molar-refractivity contribution < 1.29 is 0 Å². The molecule has 104 valence electrons. The summed E-state index contributed by atoms with van der Waals surface area (Å²) in [5.74, 6) is 1.25. The fourth-order valence-corrected chi connectivity index (χ4v) is 2.56. The number of nitrogens with one attached hydrogen (secondary N) is 1. The second-order valence-corrected chi connectivity index (χ2v) is 5.65. The lowest BCUT2D eigenvalue weighted by Crippen LogP contribution is -2.10. The minimum Gasteiger partial charge on any atom is -0.310 e. The zero-order valence-corrected chi connectivity index (χ0v) is 11.8. The number of aromatic nitrogens is 3. The van der Waals surface area contributed by atoms with Crippen molar-refractivity contribution in [2.24, 2.45) is 0 Å². The quantitative estimate of drug-likeness (QED) is 0.782. The standard InChI is InChI=1S/C17H15N3O/c1-10-2-3-12-8-13(6-7-14(12)18-10)15-9-16(21)20-17(19-15)11-4-5-11/h2-3,6-9,11H,4-5H2,1H3,(H,19,20,21). The molecule has 1 aliphatic rings. The van der Waals surface area contributed by atoms with Crippen molar-refractivity contribution in [1.29, 1.82) is 0 Å². The lowest BCUT2D eigenvalue weighted by molar-refractivity contribution is 0.912. The third-order valence-corrected chi connectivity index (χ3v) is 3.85. The molecular weight excluding hydrogens is 262 g/mol. The number of H-pyrrole nitrogens is 1. The van der Waals surface area contributed by atoms with Crippen molar-refractivity contribution in [3.63, 3.8) is 0 Å². The van der Waals surface area contributed by atoms with Crippen LogP contribution >= 0.6 is 0 Å². The van der Waals surface area contributed by atoms with Gasteiger partial charge >= 0.3 is 0 Å². The van der Waals surface area contributed by atoms with Crippen molar-refractivity contribution in [3.8, 4) is 11.3 Å². The van der Waals surface area contributed by atoms with Gasteiger partial charge in [0, 0.05) is 28.6 Å². The number of nitrogens with zero attached hydrogens (tertiary/aromatic N) is 2. The fourth-order valence-electron chi connectivity index (χ4n) is 2.56. The monoisotopic (exact) mass is 277 g/mol. The summed E-state index contributed by atoms with van der Waals surface area (Å²) in [5, 5.41) is 1.06. The highest BCUT2D eigenvalue weighted by molar-refractivity contribution is 5.83. The molecule has 2 heterocycles. The molecule has 2 aromatic heterocycles. The van der Waals surface area contributed by atoms with Crippen LogP contribution in [-0.4, -0.2) is 15.0 Å². The van der Waals surface area contributed by atoms with E-state index >= 15 is 0 Å². The lowest BCUT2D eigenvalue weighted by atomic mass is 10.1. The Labute approximate surface area is 121 Å². The molecule has 1 aromatic carbocycles. The van der Waals surface area contributed by atoms with E-state index in [-0.39, 0.29) is 5.56 Å². The van der Waals surface area contributed by atoms with Crippen molar-refractivity contribution in [3.05, 3.63) is 58.3 Å². The molecule has 1 N–H and O–H groups in total. The van der Waals surface area contributed by atoms with E-state index in [1.807, 2.05) is 31.2 Å². The van der Waals surface area contributed by atoms with Gasteiger partial charge in [0.05, 0.1) is 11.2 Å². The van der Waals surface area contributed by atoms with Gasteiger partial charge in [-0.25, -0.2) is 4.98 Å². The summed E-state index contributed by atoms with van der Waals surface area (Å²) in [7, 11) is 0. The Hall–Kier alpha value is -2.49. The number of aromatic amines is 1. The van der Waals surface area contributed by atoms with Gasteiger partial charge in [-0.2, -0.15) is 0 Å². The summed E-state index contributed by atoms with van der Waals surface area (Å²) in [5.41, 5.74) is 3.58. The summed E-state index contributed by atoms with van der Waals surface area (Å²) < 4.78 is 0. The van der Waals surface area contributed by atoms with Crippen LogP contribution in [0.15, 0.2) is 41.2 Å². The first-order valence-corrected chi connectivity index (χ1v) is 7.18. The molecule has 0 amide bonds. The van der Waals surface area contributed by atoms with Gasteiger partial charge in [-0.15, -0.1) is 0 Å². The minimum absolute atomic E-state index is 0.0796. The molecule has 21 heavy (non-hydrogen) atoms. The molecule has 4 heteroatoms. The van der Waals surface area contributed by atoms with E-state index in [0.29, 0.717) is 5.92 Å². The Bertz CT molecular complexity index is 894. The van der Waals surface area contributed by atoms with Crippen LogP contribution in [0.25, 0.3) is 22.2 Å². The van der Waals surface area contributed by atoms with Crippen molar-refractivity contribution in [2.75, 3.05) is 0 Å². The number of hydrogen-bond donors (Lipinski definition) is 1. The molecule has 1 saturated carbocycles. The molecule has 0 radical (unpaired) electrons. The molecule has 3 aromatic rings. The Balaban J connectivity index is 1.85. The summed E-state index contributed by atoms with van der Waals surface area (Å²) in [6, 6.07) is 11.6. The maximum absolute atomic E-state index is 11.8. The molecular formula is C17H15N3O. The molecule has 1 fully saturated rings. The molecule has 0 unspecified atom stereocenters. The van der Waals surface area contributed by atoms with Gasteiger partial charge in [0.25, 0.3) is 5.56 Å². The average molecular weight is 277 g/mol. The highest BCUT2D eigenvalue weighted by atomic mass is 16.1. The van der Waals surface area contributed by atoms with Gasteiger partial charge in [-0.3, -0.25) is 9.78 Å². The maximum atomic E-state index is 11.8. The van der Waals surface area contributed by atoms with Gasteiger partial charge in [0.1, 0.15) is 5.82 Å². The topological polar surface area (TPSA) is 58.6 Å².